The first kappa shape index (κ1) is 12.5. The molecule has 2 rings (SSSR count). The minimum atomic E-state index is 0.977. The van der Waals surface area contributed by atoms with E-state index in [1.807, 2.05) is 12.1 Å². The van der Waals surface area contributed by atoms with Crippen molar-refractivity contribution in [2.45, 2.75) is 38.5 Å². The van der Waals surface area contributed by atoms with Crippen molar-refractivity contribution in [3.05, 3.63) is 35.9 Å². The lowest BCUT2D eigenvalue weighted by atomic mass is 10.1. The molecule has 0 atom stereocenters. The van der Waals surface area contributed by atoms with E-state index in [1.165, 1.54) is 12.8 Å². The normalized spacial score (nSPS) is 10.4. The van der Waals surface area contributed by atoms with E-state index in [4.69, 9.17) is 0 Å². The summed E-state index contributed by atoms with van der Waals surface area (Å²) < 4.78 is 0. The van der Waals surface area contributed by atoms with Crippen LogP contribution in [-0.4, -0.2) is 30.8 Å². The van der Waals surface area contributed by atoms with E-state index >= 15 is 0 Å². The standard InChI is InChI=1S/C12H16N6/c1(3-5-11-7-9-13-17-15-11)2-4-6-12-8-10-14-18-16-12/h7-10H,1-6H2. The highest BCUT2D eigenvalue weighted by Gasteiger charge is 1.97. The summed E-state index contributed by atoms with van der Waals surface area (Å²) in [7, 11) is 0. The van der Waals surface area contributed by atoms with Gasteiger partial charge in [0.1, 0.15) is 0 Å². The van der Waals surface area contributed by atoms with Gasteiger partial charge < -0.3 is 0 Å². The van der Waals surface area contributed by atoms with Crippen LogP contribution in [-0.2, 0) is 12.8 Å². The molecule has 0 aromatic carbocycles. The maximum atomic E-state index is 3.96. The fourth-order valence-corrected chi connectivity index (χ4v) is 1.76. The lowest BCUT2D eigenvalue weighted by molar-refractivity contribution is 0.620. The van der Waals surface area contributed by atoms with Crippen molar-refractivity contribution in [1.29, 1.82) is 0 Å². The molecule has 0 saturated heterocycles. The van der Waals surface area contributed by atoms with Gasteiger partial charge in [-0.25, -0.2) is 0 Å². The largest absolute Gasteiger partial charge is 0.139 e. The molecule has 2 heterocycles. The van der Waals surface area contributed by atoms with Crippen molar-refractivity contribution >= 4 is 0 Å². The molecule has 6 nitrogen and oxygen atoms in total. The molecular weight excluding hydrogens is 228 g/mol. The van der Waals surface area contributed by atoms with Crippen molar-refractivity contribution < 1.29 is 0 Å². The summed E-state index contributed by atoms with van der Waals surface area (Å²) in [5.41, 5.74) is 2.04. The Labute approximate surface area is 106 Å². The molecule has 0 aliphatic heterocycles. The summed E-state index contributed by atoms with van der Waals surface area (Å²) in [5.74, 6) is 0. The van der Waals surface area contributed by atoms with E-state index in [-0.39, 0.29) is 0 Å². The van der Waals surface area contributed by atoms with Crippen LogP contribution in [0.4, 0.5) is 0 Å². The first-order valence-electron chi connectivity index (χ1n) is 6.21. The number of aromatic nitrogens is 6. The molecule has 0 aliphatic rings. The van der Waals surface area contributed by atoms with Gasteiger partial charge >= 0.3 is 0 Å². The average molecular weight is 244 g/mol. The molecular formula is C12H16N6. The first-order chi connectivity index (χ1) is 8.95. The summed E-state index contributed by atoms with van der Waals surface area (Å²) in [6, 6.07) is 3.83. The molecule has 0 spiro atoms. The molecule has 0 unspecified atom stereocenters. The Morgan fingerprint density at radius 3 is 1.56 bits per heavy atom. The van der Waals surface area contributed by atoms with Gasteiger partial charge in [0.05, 0.1) is 23.8 Å². The lowest BCUT2D eigenvalue weighted by Crippen LogP contribution is -1.96. The predicted molar refractivity (Wildman–Crippen MR) is 65.5 cm³/mol. The molecule has 0 radical (unpaired) electrons. The first-order valence-corrected chi connectivity index (χ1v) is 6.21. The quantitative estimate of drug-likeness (QED) is 0.685. The van der Waals surface area contributed by atoms with Gasteiger partial charge in [0, 0.05) is 0 Å². The van der Waals surface area contributed by atoms with Gasteiger partial charge in [-0.1, -0.05) is 12.8 Å². The second-order valence-corrected chi connectivity index (χ2v) is 4.14. The number of unbranched alkanes of at least 4 members (excludes halogenated alkanes) is 3. The SMILES string of the molecule is c1cc(CCCCCCc2ccnnn2)nnn1. The highest BCUT2D eigenvalue weighted by molar-refractivity contribution is 4.95. The molecule has 0 amide bonds. The van der Waals surface area contributed by atoms with Crippen LogP contribution in [0.15, 0.2) is 24.5 Å². The van der Waals surface area contributed by atoms with Crippen LogP contribution >= 0.6 is 0 Å². The third-order valence-corrected chi connectivity index (χ3v) is 2.73. The summed E-state index contributed by atoms with van der Waals surface area (Å²) in [4.78, 5) is 0. The molecule has 2 aromatic rings. The topological polar surface area (TPSA) is 77.3 Å². The zero-order valence-electron chi connectivity index (χ0n) is 10.2. The Hall–Kier alpha value is -1.98. The third-order valence-electron chi connectivity index (χ3n) is 2.73. The van der Waals surface area contributed by atoms with E-state index in [0.717, 1.165) is 37.1 Å². The van der Waals surface area contributed by atoms with Gasteiger partial charge in [0.15, 0.2) is 0 Å². The van der Waals surface area contributed by atoms with Crippen molar-refractivity contribution in [3.63, 3.8) is 0 Å². The maximum absolute atomic E-state index is 3.96. The number of hydrogen-bond donors (Lipinski definition) is 0. The summed E-state index contributed by atoms with van der Waals surface area (Å²) in [6.45, 7) is 0. The fraction of sp³-hybridized carbons (Fsp3) is 0.500. The zero-order chi connectivity index (χ0) is 12.5. The maximum Gasteiger partial charge on any atom is 0.0664 e. The Kier molecular flexibility index (Phi) is 5.11. The van der Waals surface area contributed by atoms with Crippen LogP contribution in [0.3, 0.4) is 0 Å². The van der Waals surface area contributed by atoms with Gasteiger partial charge in [-0.05, 0) is 48.2 Å². The van der Waals surface area contributed by atoms with Crippen LogP contribution in [0.1, 0.15) is 37.1 Å². The molecule has 0 saturated carbocycles. The molecule has 0 N–H and O–H groups in total. The molecule has 18 heavy (non-hydrogen) atoms. The second-order valence-electron chi connectivity index (χ2n) is 4.14. The number of aryl methyl sites for hydroxylation is 2. The monoisotopic (exact) mass is 244 g/mol. The lowest BCUT2D eigenvalue weighted by Gasteiger charge is -2.00. The molecule has 0 aliphatic carbocycles. The van der Waals surface area contributed by atoms with E-state index in [2.05, 4.69) is 30.8 Å². The number of hydrogen-bond acceptors (Lipinski definition) is 6. The molecule has 0 bridgehead atoms. The van der Waals surface area contributed by atoms with Crippen LogP contribution in [0.2, 0.25) is 0 Å². The molecule has 6 heteroatoms. The third kappa shape index (κ3) is 4.48. The summed E-state index contributed by atoms with van der Waals surface area (Å²) in [5, 5.41) is 22.5. The second kappa shape index (κ2) is 7.37. The van der Waals surface area contributed by atoms with Crippen molar-refractivity contribution in [1.82, 2.24) is 30.8 Å². The van der Waals surface area contributed by atoms with E-state index < -0.39 is 0 Å². The van der Waals surface area contributed by atoms with Crippen LogP contribution in [0.25, 0.3) is 0 Å². The zero-order valence-corrected chi connectivity index (χ0v) is 10.2. The Balaban J connectivity index is 1.54. The van der Waals surface area contributed by atoms with Gasteiger partial charge in [0.25, 0.3) is 0 Å². The highest BCUT2D eigenvalue weighted by atomic mass is 15.3. The Morgan fingerprint density at radius 1 is 0.667 bits per heavy atom. The Morgan fingerprint density at radius 2 is 1.17 bits per heavy atom. The van der Waals surface area contributed by atoms with Gasteiger partial charge in [0.2, 0.25) is 0 Å². The van der Waals surface area contributed by atoms with E-state index in [9.17, 15) is 0 Å². The van der Waals surface area contributed by atoms with E-state index in [1.54, 1.807) is 12.4 Å². The fourth-order valence-electron chi connectivity index (χ4n) is 1.76. The average Bonchev–Trinajstić information content (AvgIpc) is 2.45. The van der Waals surface area contributed by atoms with Gasteiger partial charge in [-0.2, -0.15) is 0 Å². The van der Waals surface area contributed by atoms with Gasteiger partial charge in [-0.3, -0.25) is 0 Å². The summed E-state index contributed by atoms with van der Waals surface area (Å²) in [6.07, 6.45) is 10.00. The van der Waals surface area contributed by atoms with Crippen LogP contribution < -0.4 is 0 Å². The molecule has 94 valence electrons. The van der Waals surface area contributed by atoms with Crippen molar-refractivity contribution in [3.8, 4) is 0 Å². The van der Waals surface area contributed by atoms with Gasteiger partial charge in [-0.15, -0.1) is 20.4 Å². The van der Waals surface area contributed by atoms with Crippen molar-refractivity contribution in [2.75, 3.05) is 0 Å². The molecule has 0 fully saturated rings. The smallest absolute Gasteiger partial charge is 0.0664 e. The predicted octanol–water partition coefficient (Wildman–Crippen LogP) is 1.40. The minimum Gasteiger partial charge on any atom is -0.139 e. The number of rotatable bonds is 7. The number of nitrogens with zero attached hydrogens (tertiary/aromatic N) is 6. The summed E-state index contributed by atoms with van der Waals surface area (Å²) >= 11 is 0. The Bertz CT molecular complexity index is 389. The van der Waals surface area contributed by atoms with E-state index in [0.29, 0.717) is 0 Å². The van der Waals surface area contributed by atoms with Crippen molar-refractivity contribution in [2.24, 2.45) is 0 Å². The van der Waals surface area contributed by atoms with Crippen LogP contribution in [0, 0.1) is 0 Å². The molecule has 2 aromatic heterocycles. The van der Waals surface area contributed by atoms with Crippen LogP contribution in [0.5, 0.6) is 0 Å². The minimum absolute atomic E-state index is 0.977. The highest BCUT2D eigenvalue weighted by Crippen LogP contribution is 2.07.